The van der Waals surface area contributed by atoms with Crippen molar-refractivity contribution in [1.82, 2.24) is 0 Å². The molecule has 0 aromatic heterocycles. The van der Waals surface area contributed by atoms with Crippen molar-refractivity contribution in [2.45, 2.75) is 31.9 Å². The normalized spacial score (nSPS) is 16.6. The summed E-state index contributed by atoms with van der Waals surface area (Å²) in [6.45, 7) is 2.89. The third-order valence-corrected chi connectivity index (χ3v) is 3.36. The van der Waals surface area contributed by atoms with E-state index < -0.39 is 11.7 Å². The highest BCUT2D eigenvalue weighted by atomic mass is 19.4. The number of nitrogens with two attached hydrogens (primary N) is 1. The monoisotopic (exact) mass is 289 g/mol. The fourth-order valence-corrected chi connectivity index (χ4v) is 2.28. The average molecular weight is 289 g/mol. The number of fused-ring (bicyclic) bond motifs is 1. The lowest BCUT2D eigenvalue weighted by Gasteiger charge is -2.20. The van der Waals surface area contributed by atoms with Crippen LogP contribution < -0.4 is 15.2 Å². The van der Waals surface area contributed by atoms with Gasteiger partial charge in [-0.15, -0.1) is 0 Å². The molecule has 1 unspecified atom stereocenters. The van der Waals surface area contributed by atoms with E-state index in [9.17, 15) is 13.2 Å². The molecule has 2 rings (SSSR count). The lowest BCUT2D eigenvalue weighted by Crippen LogP contribution is -2.14. The van der Waals surface area contributed by atoms with Crippen LogP contribution in [0.25, 0.3) is 0 Å². The fourth-order valence-electron chi connectivity index (χ4n) is 2.28. The highest BCUT2D eigenvalue weighted by Crippen LogP contribution is 2.43. The van der Waals surface area contributed by atoms with E-state index >= 15 is 0 Å². The molecule has 0 radical (unpaired) electrons. The zero-order chi connectivity index (χ0) is 14.8. The van der Waals surface area contributed by atoms with Gasteiger partial charge in [-0.25, -0.2) is 0 Å². The van der Waals surface area contributed by atoms with Crippen molar-refractivity contribution in [3.63, 3.8) is 0 Å². The van der Waals surface area contributed by atoms with Gasteiger partial charge in [0.2, 0.25) is 0 Å². The molecule has 0 saturated heterocycles. The van der Waals surface area contributed by atoms with Gasteiger partial charge in [-0.05, 0) is 36.6 Å². The number of hydrogen-bond donors (Lipinski definition) is 1. The van der Waals surface area contributed by atoms with E-state index in [-0.39, 0.29) is 17.2 Å². The van der Waals surface area contributed by atoms with E-state index in [1.807, 2.05) is 0 Å². The van der Waals surface area contributed by atoms with Gasteiger partial charge in [-0.3, -0.25) is 0 Å². The summed E-state index contributed by atoms with van der Waals surface area (Å²) in [5, 5.41) is 0. The van der Waals surface area contributed by atoms with Crippen LogP contribution >= 0.6 is 0 Å². The van der Waals surface area contributed by atoms with Crippen LogP contribution in [0, 0.1) is 0 Å². The third-order valence-electron chi connectivity index (χ3n) is 3.36. The molecule has 1 atom stereocenters. The van der Waals surface area contributed by atoms with Crippen molar-refractivity contribution >= 4 is 0 Å². The first-order valence-electron chi connectivity index (χ1n) is 6.64. The van der Waals surface area contributed by atoms with Crippen LogP contribution in [0.15, 0.2) is 12.1 Å². The molecule has 2 N–H and O–H groups in total. The number of rotatable bonds is 3. The maximum Gasteiger partial charge on any atom is 0.416 e. The largest absolute Gasteiger partial charge is 0.490 e. The van der Waals surface area contributed by atoms with Crippen molar-refractivity contribution in [3.8, 4) is 11.5 Å². The topological polar surface area (TPSA) is 44.5 Å². The minimum absolute atomic E-state index is 0.165. The molecule has 1 heterocycles. The van der Waals surface area contributed by atoms with E-state index in [1.165, 1.54) is 6.07 Å². The van der Waals surface area contributed by atoms with Crippen LogP contribution in [-0.4, -0.2) is 19.8 Å². The molecule has 1 aromatic rings. The zero-order valence-electron chi connectivity index (χ0n) is 11.3. The molecule has 0 amide bonds. The Bertz CT molecular complexity index is 474. The second-order valence-electron chi connectivity index (χ2n) is 4.91. The Labute approximate surface area is 115 Å². The number of hydrogen-bond acceptors (Lipinski definition) is 3. The molecule has 6 heteroatoms. The molecule has 20 heavy (non-hydrogen) atoms. The van der Waals surface area contributed by atoms with E-state index in [0.717, 1.165) is 6.07 Å². The van der Waals surface area contributed by atoms with Crippen LogP contribution in [0.1, 0.15) is 36.8 Å². The summed E-state index contributed by atoms with van der Waals surface area (Å²) in [6.07, 6.45) is -3.27. The standard InChI is InChI=1S/C14H18F3NO2/c1-9(3-4-18)10-7-12-13(20-6-2-5-19-12)8-11(10)14(15,16)17/h7-9H,2-6,18H2,1H3. The lowest BCUT2D eigenvalue weighted by atomic mass is 9.92. The quantitative estimate of drug-likeness (QED) is 0.928. The number of benzene rings is 1. The molecular formula is C14H18F3NO2. The number of ether oxygens (including phenoxy) is 2. The molecule has 1 aromatic carbocycles. The Morgan fingerprint density at radius 3 is 2.35 bits per heavy atom. The summed E-state index contributed by atoms with van der Waals surface area (Å²) in [5.41, 5.74) is 5.00. The first-order valence-corrected chi connectivity index (χ1v) is 6.64. The van der Waals surface area contributed by atoms with Crippen LogP contribution in [0.5, 0.6) is 11.5 Å². The first-order chi connectivity index (χ1) is 9.43. The Hall–Kier alpha value is -1.43. The molecule has 0 bridgehead atoms. The fraction of sp³-hybridized carbons (Fsp3) is 0.571. The smallest absolute Gasteiger partial charge is 0.416 e. The van der Waals surface area contributed by atoms with Gasteiger partial charge in [0, 0.05) is 6.42 Å². The third kappa shape index (κ3) is 3.17. The summed E-state index contributed by atoms with van der Waals surface area (Å²) in [4.78, 5) is 0. The van der Waals surface area contributed by atoms with Gasteiger partial charge >= 0.3 is 6.18 Å². The van der Waals surface area contributed by atoms with Crippen molar-refractivity contribution in [2.24, 2.45) is 5.73 Å². The molecule has 0 aliphatic carbocycles. The predicted molar refractivity (Wildman–Crippen MR) is 69.1 cm³/mol. The van der Waals surface area contributed by atoms with Crippen molar-refractivity contribution in [1.29, 1.82) is 0 Å². The van der Waals surface area contributed by atoms with Gasteiger partial charge < -0.3 is 15.2 Å². The summed E-state index contributed by atoms with van der Waals surface area (Å²) in [6, 6.07) is 2.49. The lowest BCUT2D eigenvalue weighted by molar-refractivity contribution is -0.138. The maximum atomic E-state index is 13.2. The minimum atomic E-state index is -4.41. The minimum Gasteiger partial charge on any atom is -0.490 e. The van der Waals surface area contributed by atoms with E-state index in [0.29, 0.717) is 38.3 Å². The van der Waals surface area contributed by atoms with Gasteiger partial charge in [0.05, 0.1) is 18.8 Å². The van der Waals surface area contributed by atoms with Crippen LogP contribution in [0.2, 0.25) is 0 Å². The van der Waals surface area contributed by atoms with Gasteiger partial charge in [0.1, 0.15) is 0 Å². The van der Waals surface area contributed by atoms with Gasteiger partial charge in [0.25, 0.3) is 0 Å². The molecule has 1 aliphatic heterocycles. The first kappa shape index (κ1) is 15.0. The second-order valence-corrected chi connectivity index (χ2v) is 4.91. The molecule has 0 saturated carbocycles. The molecule has 0 spiro atoms. The van der Waals surface area contributed by atoms with Crippen molar-refractivity contribution in [2.75, 3.05) is 19.8 Å². The van der Waals surface area contributed by atoms with Gasteiger partial charge in [-0.1, -0.05) is 6.92 Å². The Morgan fingerprint density at radius 1 is 1.20 bits per heavy atom. The number of alkyl halides is 3. The molecule has 112 valence electrons. The zero-order valence-corrected chi connectivity index (χ0v) is 11.3. The van der Waals surface area contributed by atoms with Crippen molar-refractivity contribution < 1.29 is 22.6 Å². The van der Waals surface area contributed by atoms with Crippen molar-refractivity contribution in [3.05, 3.63) is 23.3 Å². The van der Waals surface area contributed by atoms with E-state index in [1.54, 1.807) is 6.92 Å². The summed E-state index contributed by atoms with van der Waals surface area (Å²) in [7, 11) is 0. The number of halogens is 3. The molecule has 1 aliphatic rings. The highest BCUT2D eigenvalue weighted by Gasteiger charge is 2.36. The molecular weight excluding hydrogens is 271 g/mol. The molecule has 3 nitrogen and oxygen atoms in total. The average Bonchev–Trinajstić information content (AvgIpc) is 2.60. The Morgan fingerprint density at radius 2 is 1.80 bits per heavy atom. The second kappa shape index (κ2) is 5.91. The summed E-state index contributed by atoms with van der Waals surface area (Å²) >= 11 is 0. The van der Waals surface area contributed by atoms with Crippen LogP contribution in [-0.2, 0) is 6.18 Å². The van der Waals surface area contributed by atoms with Gasteiger partial charge in [0.15, 0.2) is 11.5 Å². The SMILES string of the molecule is CC(CCN)c1cc2c(cc1C(F)(F)F)OCCCO2. The van der Waals surface area contributed by atoms with Crippen LogP contribution in [0.4, 0.5) is 13.2 Å². The summed E-state index contributed by atoms with van der Waals surface area (Å²) in [5.74, 6) is 0.265. The Kier molecular flexibility index (Phi) is 4.42. The van der Waals surface area contributed by atoms with Crippen LogP contribution in [0.3, 0.4) is 0 Å². The van der Waals surface area contributed by atoms with Gasteiger partial charge in [-0.2, -0.15) is 13.2 Å². The highest BCUT2D eigenvalue weighted by molar-refractivity contribution is 5.50. The Balaban J connectivity index is 2.49. The maximum absolute atomic E-state index is 13.2. The predicted octanol–water partition coefficient (Wildman–Crippen LogP) is 3.32. The summed E-state index contributed by atoms with van der Waals surface area (Å²) < 4.78 is 50.4. The molecule has 0 fully saturated rings. The van der Waals surface area contributed by atoms with E-state index in [2.05, 4.69) is 0 Å². The van der Waals surface area contributed by atoms with E-state index in [4.69, 9.17) is 15.2 Å².